The summed E-state index contributed by atoms with van der Waals surface area (Å²) in [4.78, 5) is 8.81. The molecule has 0 unspecified atom stereocenters. The van der Waals surface area contributed by atoms with Gasteiger partial charge in [0.2, 0.25) is 0 Å². The molecule has 0 aliphatic rings. The summed E-state index contributed by atoms with van der Waals surface area (Å²) >= 11 is 3.51. The Labute approximate surface area is 170 Å². The molecule has 0 spiro atoms. The summed E-state index contributed by atoms with van der Waals surface area (Å²) in [5.74, 6) is 1.90. The lowest BCUT2D eigenvalue weighted by Gasteiger charge is -2.14. The molecule has 0 saturated carbocycles. The Morgan fingerprint density at radius 2 is 1.96 bits per heavy atom. The molecule has 0 aliphatic heterocycles. The maximum atomic E-state index is 5.85. The normalized spacial score (nSPS) is 11.0. The Hall–Kier alpha value is -2.90. The Kier molecular flexibility index (Phi) is 5.27. The van der Waals surface area contributed by atoms with Gasteiger partial charge in [-0.1, -0.05) is 28.1 Å². The molecule has 2 heterocycles. The molecule has 28 heavy (non-hydrogen) atoms. The van der Waals surface area contributed by atoms with Crippen LogP contribution in [0.15, 0.2) is 63.9 Å². The Morgan fingerprint density at radius 3 is 2.68 bits per heavy atom. The summed E-state index contributed by atoms with van der Waals surface area (Å²) in [6, 6.07) is 13.6. The fourth-order valence-electron chi connectivity index (χ4n) is 2.97. The van der Waals surface area contributed by atoms with Crippen molar-refractivity contribution in [3.05, 3.63) is 59.5 Å². The van der Waals surface area contributed by atoms with Crippen molar-refractivity contribution in [3.8, 4) is 34.1 Å². The number of hydrogen-bond acceptors (Lipinski definition) is 6. The maximum Gasteiger partial charge on any atom is 0.188 e. The minimum atomic E-state index is 0.126. The van der Waals surface area contributed by atoms with Crippen molar-refractivity contribution >= 4 is 26.8 Å². The topological polar surface area (TPSA) is 66.6 Å². The van der Waals surface area contributed by atoms with E-state index >= 15 is 0 Å². The molecule has 4 aromatic rings. The van der Waals surface area contributed by atoms with Gasteiger partial charge in [-0.05, 0) is 18.2 Å². The smallest absolute Gasteiger partial charge is 0.188 e. The van der Waals surface area contributed by atoms with Crippen molar-refractivity contribution in [2.45, 2.75) is 0 Å². The highest BCUT2D eigenvalue weighted by Gasteiger charge is 2.16. The minimum absolute atomic E-state index is 0.126. The van der Waals surface area contributed by atoms with Crippen LogP contribution in [0, 0.1) is 0 Å². The van der Waals surface area contributed by atoms with Crippen LogP contribution in [0.25, 0.3) is 33.5 Å². The van der Waals surface area contributed by atoms with E-state index in [1.807, 2.05) is 42.5 Å². The molecule has 2 aromatic heterocycles. The lowest BCUT2D eigenvalue weighted by atomic mass is 10.0. The first-order chi connectivity index (χ1) is 13.7. The van der Waals surface area contributed by atoms with Crippen LogP contribution >= 0.6 is 15.9 Å². The molecule has 0 aliphatic carbocycles. The number of pyridine rings is 1. The molecule has 0 bridgehead atoms. The van der Waals surface area contributed by atoms with Gasteiger partial charge in [-0.3, -0.25) is 0 Å². The number of benzene rings is 2. The van der Waals surface area contributed by atoms with Crippen LogP contribution in [-0.4, -0.2) is 31.0 Å². The molecular formula is C21H17BrN2O4. The highest BCUT2D eigenvalue weighted by Crippen LogP contribution is 2.38. The van der Waals surface area contributed by atoms with Gasteiger partial charge in [0.25, 0.3) is 0 Å². The molecule has 0 radical (unpaired) electrons. The van der Waals surface area contributed by atoms with E-state index in [0.29, 0.717) is 17.3 Å². The van der Waals surface area contributed by atoms with Gasteiger partial charge in [-0.15, -0.1) is 0 Å². The molecule has 7 heteroatoms. The van der Waals surface area contributed by atoms with E-state index in [1.165, 1.54) is 6.39 Å². The second-order valence-corrected chi connectivity index (χ2v) is 6.92. The second kappa shape index (κ2) is 8.00. The van der Waals surface area contributed by atoms with Gasteiger partial charge in [0.15, 0.2) is 18.9 Å². The van der Waals surface area contributed by atoms with Crippen LogP contribution in [0.2, 0.25) is 0 Å². The van der Waals surface area contributed by atoms with Gasteiger partial charge >= 0.3 is 0 Å². The molecule has 142 valence electrons. The Bertz CT molecular complexity index is 1110. The number of nitrogens with zero attached hydrogens (tertiary/aromatic N) is 2. The number of halogens is 1. The molecule has 0 atom stereocenters. The van der Waals surface area contributed by atoms with Crippen molar-refractivity contribution in [2.24, 2.45) is 0 Å². The van der Waals surface area contributed by atoms with Crippen molar-refractivity contribution in [1.29, 1.82) is 0 Å². The van der Waals surface area contributed by atoms with E-state index < -0.39 is 0 Å². The lowest BCUT2D eigenvalue weighted by molar-refractivity contribution is 0.0522. The number of hydrogen-bond donors (Lipinski definition) is 0. The van der Waals surface area contributed by atoms with Gasteiger partial charge in [0.1, 0.15) is 11.5 Å². The van der Waals surface area contributed by atoms with Crippen LogP contribution in [0.1, 0.15) is 0 Å². The zero-order valence-corrected chi connectivity index (χ0v) is 16.9. The second-order valence-electron chi connectivity index (χ2n) is 6.00. The third kappa shape index (κ3) is 3.58. The first-order valence-electron chi connectivity index (χ1n) is 8.49. The SMILES string of the molecule is COCOc1cc(-c2cccc(Br)c2)nc2cc(OC)c(-c3cnco3)cc12. The molecule has 6 nitrogen and oxygen atoms in total. The number of ether oxygens (including phenoxy) is 3. The number of fused-ring (bicyclic) bond motifs is 1. The predicted molar refractivity (Wildman–Crippen MR) is 109 cm³/mol. The zero-order chi connectivity index (χ0) is 19.5. The standard InChI is InChI=1S/C21H17BrN2O4/c1-25-12-28-20-8-17(13-4-3-5-14(22)6-13)24-18-9-19(26-2)16(7-15(18)20)21-10-23-11-27-21/h3-11H,12H2,1-2H3. The molecule has 0 amide bonds. The maximum absolute atomic E-state index is 5.85. The third-order valence-corrected chi connectivity index (χ3v) is 4.74. The van der Waals surface area contributed by atoms with Crippen LogP contribution in [-0.2, 0) is 4.74 Å². The lowest BCUT2D eigenvalue weighted by Crippen LogP contribution is -2.01. The van der Waals surface area contributed by atoms with Crippen LogP contribution in [0.5, 0.6) is 11.5 Å². The summed E-state index contributed by atoms with van der Waals surface area (Å²) < 4.78 is 22.9. The van der Waals surface area contributed by atoms with E-state index in [9.17, 15) is 0 Å². The highest BCUT2D eigenvalue weighted by atomic mass is 79.9. The monoisotopic (exact) mass is 440 g/mol. The van der Waals surface area contributed by atoms with Crippen LogP contribution in [0.3, 0.4) is 0 Å². The van der Waals surface area contributed by atoms with Crippen LogP contribution < -0.4 is 9.47 Å². The first-order valence-corrected chi connectivity index (χ1v) is 9.28. The van der Waals surface area contributed by atoms with Gasteiger partial charge < -0.3 is 18.6 Å². The zero-order valence-electron chi connectivity index (χ0n) is 15.3. The average Bonchev–Trinajstić information content (AvgIpc) is 3.25. The number of methoxy groups -OCH3 is 2. The van der Waals surface area contributed by atoms with E-state index in [1.54, 1.807) is 20.4 Å². The Balaban J connectivity index is 1.94. The molecule has 0 saturated heterocycles. The van der Waals surface area contributed by atoms with Crippen molar-refractivity contribution in [1.82, 2.24) is 9.97 Å². The quantitative estimate of drug-likeness (QED) is 0.378. The third-order valence-electron chi connectivity index (χ3n) is 4.24. The van der Waals surface area contributed by atoms with Crippen molar-refractivity contribution < 1.29 is 18.6 Å². The fraction of sp³-hybridized carbons (Fsp3) is 0.143. The van der Waals surface area contributed by atoms with Gasteiger partial charge in [-0.25, -0.2) is 9.97 Å². The van der Waals surface area contributed by atoms with Crippen LogP contribution in [0.4, 0.5) is 0 Å². The van der Waals surface area contributed by atoms with E-state index in [2.05, 4.69) is 20.9 Å². The average molecular weight is 441 g/mol. The summed E-state index contributed by atoms with van der Waals surface area (Å²) in [7, 11) is 3.20. The van der Waals surface area contributed by atoms with Gasteiger partial charge in [0, 0.05) is 34.7 Å². The van der Waals surface area contributed by atoms with Crippen molar-refractivity contribution in [3.63, 3.8) is 0 Å². The van der Waals surface area contributed by atoms with Crippen molar-refractivity contribution in [2.75, 3.05) is 21.0 Å². The Morgan fingerprint density at radius 1 is 1.07 bits per heavy atom. The molecule has 0 fully saturated rings. The summed E-state index contributed by atoms with van der Waals surface area (Å²) in [6.07, 6.45) is 3.03. The highest BCUT2D eigenvalue weighted by molar-refractivity contribution is 9.10. The molecule has 2 aromatic carbocycles. The summed E-state index contributed by atoms with van der Waals surface area (Å²) in [6.45, 7) is 0.126. The van der Waals surface area contributed by atoms with Gasteiger partial charge in [-0.2, -0.15) is 0 Å². The van der Waals surface area contributed by atoms with E-state index in [-0.39, 0.29) is 6.79 Å². The fourth-order valence-corrected chi connectivity index (χ4v) is 3.37. The molecule has 4 rings (SSSR count). The number of oxazole rings is 1. The number of aromatic nitrogens is 2. The molecular weight excluding hydrogens is 424 g/mol. The van der Waals surface area contributed by atoms with E-state index in [0.717, 1.165) is 32.2 Å². The minimum Gasteiger partial charge on any atom is -0.496 e. The largest absolute Gasteiger partial charge is 0.496 e. The van der Waals surface area contributed by atoms with E-state index in [4.69, 9.17) is 23.6 Å². The molecule has 0 N–H and O–H groups in total. The summed E-state index contributed by atoms with van der Waals surface area (Å²) in [5.41, 5.74) is 3.27. The predicted octanol–water partition coefficient (Wildman–Crippen LogP) is 5.31. The summed E-state index contributed by atoms with van der Waals surface area (Å²) in [5, 5.41) is 0.822. The number of rotatable bonds is 6. The van der Waals surface area contributed by atoms with Gasteiger partial charge in [0.05, 0.1) is 30.1 Å². The first kappa shape index (κ1) is 18.5.